The lowest BCUT2D eigenvalue weighted by Gasteiger charge is -2.18. The van der Waals surface area contributed by atoms with E-state index in [0.29, 0.717) is 30.7 Å². The van der Waals surface area contributed by atoms with Gasteiger partial charge in [-0.05, 0) is 31.0 Å². The van der Waals surface area contributed by atoms with E-state index in [-0.39, 0.29) is 29.3 Å². The van der Waals surface area contributed by atoms with Crippen LogP contribution >= 0.6 is 15.9 Å². The van der Waals surface area contributed by atoms with Crippen molar-refractivity contribution >= 4 is 31.9 Å². The van der Waals surface area contributed by atoms with Gasteiger partial charge in [0.15, 0.2) is 0 Å². The van der Waals surface area contributed by atoms with Crippen LogP contribution in [0.3, 0.4) is 0 Å². The maximum Gasteiger partial charge on any atom is 0.243 e. The van der Waals surface area contributed by atoms with Crippen LogP contribution < -0.4 is 5.32 Å². The largest absolute Gasteiger partial charge is 0.379 e. The summed E-state index contributed by atoms with van der Waals surface area (Å²) in [6.45, 7) is 1.81. The zero-order chi connectivity index (χ0) is 16.4. The summed E-state index contributed by atoms with van der Waals surface area (Å²) < 4.78 is 32.7. The number of carbonyl (C=O) groups excluding carboxylic acids is 1. The monoisotopic (exact) mass is 402 g/mol. The molecule has 8 heteroatoms. The molecular weight excluding hydrogens is 384 g/mol. The molecule has 1 N–H and O–H groups in total. The molecule has 1 aromatic rings. The summed E-state index contributed by atoms with van der Waals surface area (Å²) in [6.07, 6.45) is 1.37. The maximum absolute atomic E-state index is 12.7. The minimum atomic E-state index is -3.56. The third-order valence-corrected chi connectivity index (χ3v) is 6.59. The molecule has 23 heavy (non-hydrogen) atoms. The number of nitrogens with zero attached hydrogens (tertiary/aromatic N) is 1. The fourth-order valence-corrected chi connectivity index (χ4v) is 5.00. The SMILES string of the molecule is O=C(NC1CCOC1)C1CCN(S(=O)(=O)c2cccc(Br)c2)C1. The first-order valence-corrected chi connectivity index (χ1v) is 9.84. The van der Waals surface area contributed by atoms with Gasteiger partial charge in [0.25, 0.3) is 0 Å². The Hall–Kier alpha value is -0.960. The zero-order valence-electron chi connectivity index (χ0n) is 12.6. The van der Waals surface area contributed by atoms with Crippen molar-refractivity contribution in [3.63, 3.8) is 0 Å². The Morgan fingerprint density at radius 3 is 2.87 bits per heavy atom. The number of hydrogen-bond donors (Lipinski definition) is 1. The second-order valence-electron chi connectivity index (χ2n) is 5.88. The molecule has 2 heterocycles. The standard InChI is InChI=1S/C15H19BrN2O4S/c16-12-2-1-3-14(8-12)23(20,21)18-6-4-11(9-18)15(19)17-13-5-7-22-10-13/h1-3,8,11,13H,4-7,9-10H2,(H,17,19). The van der Waals surface area contributed by atoms with Gasteiger partial charge in [-0.3, -0.25) is 4.79 Å². The number of halogens is 1. The lowest BCUT2D eigenvalue weighted by molar-refractivity contribution is -0.125. The number of carbonyl (C=O) groups is 1. The van der Waals surface area contributed by atoms with Crippen LogP contribution in [-0.2, 0) is 19.6 Å². The molecule has 0 radical (unpaired) electrons. The fourth-order valence-electron chi connectivity index (χ4n) is 2.90. The van der Waals surface area contributed by atoms with Gasteiger partial charge in [-0.15, -0.1) is 0 Å². The molecule has 2 unspecified atom stereocenters. The molecule has 2 aliphatic heterocycles. The van der Waals surface area contributed by atoms with Crippen molar-refractivity contribution in [2.24, 2.45) is 5.92 Å². The molecule has 2 atom stereocenters. The number of nitrogens with one attached hydrogen (secondary N) is 1. The van der Waals surface area contributed by atoms with Gasteiger partial charge in [-0.25, -0.2) is 8.42 Å². The van der Waals surface area contributed by atoms with Gasteiger partial charge in [0.1, 0.15) is 0 Å². The van der Waals surface area contributed by atoms with Crippen molar-refractivity contribution in [3.05, 3.63) is 28.7 Å². The highest BCUT2D eigenvalue weighted by Gasteiger charge is 2.36. The van der Waals surface area contributed by atoms with Crippen LogP contribution in [-0.4, -0.2) is 51.0 Å². The van der Waals surface area contributed by atoms with Crippen LogP contribution in [0.1, 0.15) is 12.8 Å². The number of sulfonamides is 1. The van der Waals surface area contributed by atoms with Crippen LogP contribution in [0.25, 0.3) is 0 Å². The summed E-state index contributed by atoms with van der Waals surface area (Å²) in [6, 6.07) is 6.68. The van der Waals surface area contributed by atoms with Crippen molar-refractivity contribution in [2.45, 2.75) is 23.8 Å². The van der Waals surface area contributed by atoms with E-state index in [4.69, 9.17) is 4.74 Å². The summed E-state index contributed by atoms with van der Waals surface area (Å²) in [5, 5.41) is 2.95. The molecule has 0 aromatic heterocycles. The Kier molecular flexibility index (Phi) is 5.05. The van der Waals surface area contributed by atoms with Crippen molar-refractivity contribution in [2.75, 3.05) is 26.3 Å². The fraction of sp³-hybridized carbons (Fsp3) is 0.533. The topological polar surface area (TPSA) is 75.7 Å². The summed E-state index contributed by atoms with van der Waals surface area (Å²) in [5.41, 5.74) is 0. The van der Waals surface area contributed by atoms with Crippen molar-refractivity contribution in [3.8, 4) is 0 Å². The number of benzene rings is 1. The molecule has 2 aliphatic rings. The first-order valence-electron chi connectivity index (χ1n) is 7.60. The number of rotatable bonds is 4. The van der Waals surface area contributed by atoms with E-state index in [9.17, 15) is 13.2 Å². The molecule has 6 nitrogen and oxygen atoms in total. The highest BCUT2D eigenvalue weighted by molar-refractivity contribution is 9.10. The van der Waals surface area contributed by atoms with E-state index in [0.717, 1.165) is 6.42 Å². The van der Waals surface area contributed by atoms with E-state index in [1.165, 1.54) is 4.31 Å². The second-order valence-corrected chi connectivity index (χ2v) is 8.73. The Morgan fingerprint density at radius 1 is 1.35 bits per heavy atom. The molecule has 0 saturated carbocycles. The van der Waals surface area contributed by atoms with Crippen LogP contribution in [0.2, 0.25) is 0 Å². The average molecular weight is 403 g/mol. The molecule has 2 saturated heterocycles. The predicted octanol–water partition coefficient (Wildman–Crippen LogP) is 1.36. The first kappa shape index (κ1) is 16.9. The average Bonchev–Trinajstić information content (AvgIpc) is 3.18. The summed E-state index contributed by atoms with van der Waals surface area (Å²) in [4.78, 5) is 12.5. The van der Waals surface area contributed by atoms with Gasteiger partial charge in [-0.1, -0.05) is 22.0 Å². The molecule has 0 spiro atoms. The van der Waals surface area contributed by atoms with Crippen molar-refractivity contribution < 1.29 is 17.9 Å². The van der Waals surface area contributed by atoms with Gasteiger partial charge in [0, 0.05) is 24.2 Å². The van der Waals surface area contributed by atoms with Gasteiger partial charge in [0.05, 0.1) is 23.5 Å². The Bertz CT molecular complexity index is 688. The molecule has 2 fully saturated rings. The van der Waals surface area contributed by atoms with E-state index in [1.54, 1.807) is 24.3 Å². The maximum atomic E-state index is 12.7. The van der Waals surface area contributed by atoms with Crippen LogP contribution in [0.15, 0.2) is 33.6 Å². The number of amides is 1. The van der Waals surface area contributed by atoms with Crippen LogP contribution in [0.4, 0.5) is 0 Å². The van der Waals surface area contributed by atoms with Gasteiger partial charge < -0.3 is 10.1 Å². The molecule has 126 valence electrons. The minimum absolute atomic E-state index is 0.0539. The first-order chi connectivity index (χ1) is 11.0. The van der Waals surface area contributed by atoms with E-state index >= 15 is 0 Å². The number of ether oxygens (including phenoxy) is 1. The van der Waals surface area contributed by atoms with Crippen LogP contribution in [0.5, 0.6) is 0 Å². The molecule has 1 aromatic carbocycles. The summed E-state index contributed by atoms with van der Waals surface area (Å²) >= 11 is 3.29. The van der Waals surface area contributed by atoms with Crippen LogP contribution in [0, 0.1) is 5.92 Å². The van der Waals surface area contributed by atoms with E-state index < -0.39 is 10.0 Å². The normalized spacial score (nSPS) is 25.6. The molecule has 0 bridgehead atoms. The minimum Gasteiger partial charge on any atom is -0.379 e. The zero-order valence-corrected chi connectivity index (χ0v) is 15.0. The lowest BCUT2D eigenvalue weighted by Crippen LogP contribution is -2.40. The number of hydrogen-bond acceptors (Lipinski definition) is 4. The Balaban J connectivity index is 1.65. The predicted molar refractivity (Wildman–Crippen MR) is 88.4 cm³/mol. The smallest absolute Gasteiger partial charge is 0.243 e. The van der Waals surface area contributed by atoms with E-state index in [2.05, 4.69) is 21.2 Å². The van der Waals surface area contributed by atoms with Crippen molar-refractivity contribution in [1.29, 1.82) is 0 Å². The van der Waals surface area contributed by atoms with Crippen molar-refractivity contribution in [1.82, 2.24) is 9.62 Å². The highest BCUT2D eigenvalue weighted by Crippen LogP contribution is 2.26. The summed E-state index contributed by atoms with van der Waals surface area (Å²) in [7, 11) is -3.56. The third kappa shape index (κ3) is 3.76. The Morgan fingerprint density at radius 2 is 2.17 bits per heavy atom. The van der Waals surface area contributed by atoms with Gasteiger partial charge in [-0.2, -0.15) is 4.31 Å². The lowest BCUT2D eigenvalue weighted by atomic mass is 10.1. The van der Waals surface area contributed by atoms with Gasteiger partial charge >= 0.3 is 0 Å². The van der Waals surface area contributed by atoms with E-state index in [1.807, 2.05) is 0 Å². The molecule has 0 aliphatic carbocycles. The quantitative estimate of drug-likeness (QED) is 0.824. The molecule has 3 rings (SSSR count). The van der Waals surface area contributed by atoms with Gasteiger partial charge in [0.2, 0.25) is 15.9 Å². The summed E-state index contributed by atoms with van der Waals surface area (Å²) in [5.74, 6) is -0.370. The molecule has 1 amide bonds. The highest BCUT2D eigenvalue weighted by atomic mass is 79.9. The third-order valence-electron chi connectivity index (χ3n) is 4.23. The Labute approximate surface area is 144 Å². The molecular formula is C15H19BrN2O4S. The second kappa shape index (κ2) is 6.88.